The fourth-order valence-electron chi connectivity index (χ4n) is 1.12. The highest BCUT2D eigenvalue weighted by molar-refractivity contribution is 4.77. The van der Waals surface area contributed by atoms with E-state index in [-0.39, 0.29) is 0 Å². The average molecular weight is 174 g/mol. The molecule has 0 rings (SSSR count). The molecular formula is C10H22O2. The highest BCUT2D eigenvalue weighted by Crippen LogP contribution is 2.18. The van der Waals surface area contributed by atoms with Crippen molar-refractivity contribution in [2.45, 2.75) is 64.6 Å². The summed E-state index contributed by atoms with van der Waals surface area (Å²) in [5.41, 5.74) is -0.895. The lowest BCUT2D eigenvalue weighted by molar-refractivity contribution is -0.0588. The van der Waals surface area contributed by atoms with Crippen LogP contribution < -0.4 is 0 Å². The number of aliphatic hydroxyl groups is 2. The summed E-state index contributed by atoms with van der Waals surface area (Å²) < 4.78 is 0. The molecule has 12 heavy (non-hydrogen) atoms. The van der Waals surface area contributed by atoms with E-state index < -0.39 is 11.7 Å². The fraction of sp³-hybridized carbons (Fsp3) is 1.00. The Morgan fingerprint density at radius 2 is 1.83 bits per heavy atom. The van der Waals surface area contributed by atoms with Crippen molar-refractivity contribution in [3.05, 3.63) is 0 Å². The minimum absolute atomic E-state index is 0.626. The van der Waals surface area contributed by atoms with Crippen LogP contribution in [-0.4, -0.2) is 21.9 Å². The Hall–Kier alpha value is -0.0800. The minimum atomic E-state index is -0.895. The minimum Gasteiger partial charge on any atom is -0.390 e. The Balaban J connectivity index is 3.47. The van der Waals surface area contributed by atoms with Crippen LogP contribution >= 0.6 is 0 Å². The lowest BCUT2D eigenvalue weighted by Crippen LogP contribution is -2.36. The van der Waals surface area contributed by atoms with Gasteiger partial charge in [-0.25, -0.2) is 0 Å². The van der Waals surface area contributed by atoms with Gasteiger partial charge in [-0.3, -0.25) is 0 Å². The van der Waals surface area contributed by atoms with Crippen LogP contribution in [0.25, 0.3) is 0 Å². The molecule has 0 heterocycles. The van der Waals surface area contributed by atoms with E-state index in [2.05, 4.69) is 6.92 Å². The molecule has 0 aliphatic heterocycles. The van der Waals surface area contributed by atoms with E-state index in [4.69, 9.17) is 0 Å². The molecule has 2 atom stereocenters. The standard InChI is InChI=1S/C10H22O2/c1-4-5-6-7-8-10(3,12)9(2)11/h9,11-12H,4-8H2,1-3H3/t9-,10-/m1/s1. The highest BCUT2D eigenvalue weighted by Gasteiger charge is 2.25. The zero-order chi connectivity index (χ0) is 9.61. The Kier molecular flexibility index (Phi) is 5.51. The molecule has 0 unspecified atom stereocenters. The second kappa shape index (κ2) is 5.55. The zero-order valence-electron chi connectivity index (χ0n) is 8.51. The monoisotopic (exact) mass is 174 g/mol. The van der Waals surface area contributed by atoms with Crippen molar-refractivity contribution in [2.24, 2.45) is 0 Å². The third-order valence-corrected chi connectivity index (χ3v) is 2.44. The van der Waals surface area contributed by atoms with Crippen molar-refractivity contribution in [1.82, 2.24) is 0 Å². The lowest BCUT2D eigenvalue weighted by Gasteiger charge is -2.26. The largest absolute Gasteiger partial charge is 0.390 e. The SMILES string of the molecule is CCCCCC[C@@](C)(O)[C@@H](C)O. The molecule has 0 fully saturated rings. The fourth-order valence-corrected chi connectivity index (χ4v) is 1.12. The van der Waals surface area contributed by atoms with Crippen molar-refractivity contribution in [3.63, 3.8) is 0 Å². The molecule has 2 N–H and O–H groups in total. The Labute approximate surface area is 75.6 Å². The molecular weight excluding hydrogens is 152 g/mol. The second-order valence-electron chi connectivity index (χ2n) is 3.84. The number of unbranched alkanes of at least 4 members (excludes halogenated alkanes) is 3. The summed E-state index contributed by atoms with van der Waals surface area (Å²) in [6.45, 7) is 5.50. The summed E-state index contributed by atoms with van der Waals surface area (Å²) in [5, 5.41) is 18.8. The van der Waals surface area contributed by atoms with E-state index in [1.165, 1.54) is 12.8 Å². The maximum Gasteiger partial charge on any atom is 0.0874 e. The van der Waals surface area contributed by atoms with Gasteiger partial charge in [0.05, 0.1) is 11.7 Å². The summed E-state index contributed by atoms with van der Waals surface area (Å²) in [4.78, 5) is 0. The molecule has 0 spiro atoms. The summed E-state index contributed by atoms with van der Waals surface area (Å²) >= 11 is 0. The van der Waals surface area contributed by atoms with E-state index in [0.717, 1.165) is 12.8 Å². The van der Waals surface area contributed by atoms with Crippen LogP contribution in [-0.2, 0) is 0 Å². The van der Waals surface area contributed by atoms with E-state index in [1.54, 1.807) is 13.8 Å². The second-order valence-corrected chi connectivity index (χ2v) is 3.84. The molecule has 0 saturated carbocycles. The average Bonchev–Trinajstić information content (AvgIpc) is 1.98. The number of rotatable bonds is 6. The first kappa shape index (κ1) is 11.9. The first-order chi connectivity index (χ1) is 5.50. The van der Waals surface area contributed by atoms with Crippen LogP contribution in [0, 0.1) is 0 Å². The number of aliphatic hydroxyl groups excluding tert-OH is 1. The topological polar surface area (TPSA) is 40.5 Å². The molecule has 0 aromatic carbocycles. The van der Waals surface area contributed by atoms with Gasteiger partial charge in [0.15, 0.2) is 0 Å². The first-order valence-corrected chi connectivity index (χ1v) is 4.91. The van der Waals surface area contributed by atoms with Gasteiger partial charge in [-0.2, -0.15) is 0 Å². The quantitative estimate of drug-likeness (QED) is 0.605. The molecule has 0 aromatic heterocycles. The maximum absolute atomic E-state index is 9.64. The van der Waals surface area contributed by atoms with E-state index >= 15 is 0 Å². The van der Waals surface area contributed by atoms with Crippen molar-refractivity contribution < 1.29 is 10.2 Å². The summed E-state index contributed by atoms with van der Waals surface area (Å²) in [6.07, 6.45) is 4.65. The van der Waals surface area contributed by atoms with Crippen LogP contribution in [0.4, 0.5) is 0 Å². The van der Waals surface area contributed by atoms with Gasteiger partial charge in [0.1, 0.15) is 0 Å². The molecule has 0 amide bonds. The van der Waals surface area contributed by atoms with Gasteiger partial charge < -0.3 is 10.2 Å². The van der Waals surface area contributed by atoms with Gasteiger partial charge in [0.2, 0.25) is 0 Å². The maximum atomic E-state index is 9.64. The first-order valence-electron chi connectivity index (χ1n) is 4.91. The number of hydrogen-bond acceptors (Lipinski definition) is 2. The summed E-state index contributed by atoms with van der Waals surface area (Å²) in [5.74, 6) is 0. The highest BCUT2D eigenvalue weighted by atomic mass is 16.3. The van der Waals surface area contributed by atoms with Gasteiger partial charge >= 0.3 is 0 Å². The van der Waals surface area contributed by atoms with Crippen LogP contribution in [0.5, 0.6) is 0 Å². The Morgan fingerprint density at radius 1 is 1.25 bits per heavy atom. The smallest absolute Gasteiger partial charge is 0.0874 e. The normalized spacial score (nSPS) is 18.8. The molecule has 74 valence electrons. The van der Waals surface area contributed by atoms with Crippen molar-refractivity contribution >= 4 is 0 Å². The lowest BCUT2D eigenvalue weighted by atomic mass is 9.93. The van der Waals surface area contributed by atoms with Crippen molar-refractivity contribution in [3.8, 4) is 0 Å². The third-order valence-electron chi connectivity index (χ3n) is 2.44. The van der Waals surface area contributed by atoms with Gasteiger partial charge in [-0.1, -0.05) is 32.6 Å². The van der Waals surface area contributed by atoms with Crippen molar-refractivity contribution in [2.75, 3.05) is 0 Å². The third kappa shape index (κ3) is 4.73. The van der Waals surface area contributed by atoms with Gasteiger partial charge in [0.25, 0.3) is 0 Å². The van der Waals surface area contributed by atoms with Gasteiger partial charge in [0, 0.05) is 0 Å². The van der Waals surface area contributed by atoms with Gasteiger partial charge in [-0.05, 0) is 20.3 Å². The Bertz CT molecular complexity index is 108. The van der Waals surface area contributed by atoms with E-state index in [9.17, 15) is 10.2 Å². The van der Waals surface area contributed by atoms with E-state index in [0.29, 0.717) is 6.42 Å². The summed E-state index contributed by atoms with van der Waals surface area (Å²) in [7, 11) is 0. The van der Waals surface area contributed by atoms with Crippen LogP contribution in [0.3, 0.4) is 0 Å². The van der Waals surface area contributed by atoms with Crippen LogP contribution in [0.1, 0.15) is 52.9 Å². The van der Waals surface area contributed by atoms with Gasteiger partial charge in [-0.15, -0.1) is 0 Å². The molecule has 2 heteroatoms. The van der Waals surface area contributed by atoms with Crippen molar-refractivity contribution in [1.29, 1.82) is 0 Å². The van der Waals surface area contributed by atoms with E-state index in [1.807, 2.05) is 0 Å². The predicted octanol–water partition coefficient (Wildman–Crippen LogP) is 2.09. The predicted molar refractivity (Wildman–Crippen MR) is 51.1 cm³/mol. The molecule has 0 aliphatic rings. The molecule has 0 radical (unpaired) electrons. The molecule has 0 aliphatic carbocycles. The van der Waals surface area contributed by atoms with Crippen LogP contribution in [0.15, 0.2) is 0 Å². The molecule has 2 nitrogen and oxygen atoms in total. The molecule has 0 bridgehead atoms. The van der Waals surface area contributed by atoms with Crippen LogP contribution in [0.2, 0.25) is 0 Å². The zero-order valence-corrected chi connectivity index (χ0v) is 8.51. The molecule has 0 aromatic rings. The Morgan fingerprint density at radius 3 is 2.25 bits per heavy atom. The number of hydrogen-bond donors (Lipinski definition) is 2. The molecule has 0 saturated heterocycles. The summed E-state index contributed by atoms with van der Waals surface area (Å²) in [6, 6.07) is 0.